The Labute approximate surface area is 177 Å². The van der Waals surface area contributed by atoms with Gasteiger partial charge in [0.25, 0.3) is 0 Å². The maximum Gasteiger partial charge on any atom is 0.238 e. The molecular formula is C21H28N4O4S. The number of nitrogens with one attached hydrogen (secondary N) is 2. The molecule has 2 aromatic carbocycles. The molecule has 9 heteroatoms. The average Bonchev–Trinajstić information content (AvgIpc) is 2.68. The molecule has 162 valence electrons. The van der Waals surface area contributed by atoms with E-state index in [0.717, 1.165) is 17.7 Å². The topological polar surface area (TPSA) is 122 Å². The molecule has 0 aliphatic rings. The Morgan fingerprint density at radius 3 is 2.40 bits per heavy atom. The van der Waals surface area contributed by atoms with Gasteiger partial charge < -0.3 is 10.6 Å². The van der Waals surface area contributed by atoms with Crippen molar-refractivity contribution >= 4 is 33.2 Å². The molecule has 8 nitrogen and oxygen atoms in total. The Morgan fingerprint density at radius 1 is 1.00 bits per heavy atom. The van der Waals surface area contributed by atoms with E-state index < -0.39 is 10.0 Å². The number of sulfonamides is 1. The van der Waals surface area contributed by atoms with Crippen LogP contribution < -0.4 is 15.8 Å². The van der Waals surface area contributed by atoms with Crippen LogP contribution in [0.1, 0.15) is 25.3 Å². The van der Waals surface area contributed by atoms with Gasteiger partial charge in [-0.3, -0.25) is 14.5 Å². The lowest BCUT2D eigenvalue weighted by atomic mass is 10.2. The average molecular weight is 433 g/mol. The predicted octanol–water partition coefficient (Wildman–Crippen LogP) is 2.32. The van der Waals surface area contributed by atoms with E-state index in [1.54, 1.807) is 6.07 Å². The summed E-state index contributed by atoms with van der Waals surface area (Å²) in [7, 11) is -3.84. The van der Waals surface area contributed by atoms with Gasteiger partial charge in [0.2, 0.25) is 21.8 Å². The number of rotatable bonds is 10. The number of hydrogen-bond acceptors (Lipinski definition) is 5. The Hall–Kier alpha value is -2.75. The summed E-state index contributed by atoms with van der Waals surface area (Å²) in [5, 5.41) is 10.7. The smallest absolute Gasteiger partial charge is 0.238 e. The molecule has 0 bridgehead atoms. The van der Waals surface area contributed by atoms with Crippen LogP contribution in [0.3, 0.4) is 0 Å². The van der Waals surface area contributed by atoms with Gasteiger partial charge in [0.1, 0.15) is 0 Å². The van der Waals surface area contributed by atoms with Crippen LogP contribution in [0.2, 0.25) is 0 Å². The number of aryl methyl sites for hydroxylation is 1. The summed E-state index contributed by atoms with van der Waals surface area (Å²) >= 11 is 0. The van der Waals surface area contributed by atoms with Crippen LogP contribution in [-0.4, -0.2) is 44.8 Å². The van der Waals surface area contributed by atoms with Gasteiger partial charge >= 0.3 is 0 Å². The molecule has 2 rings (SSSR count). The number of amides is 2. The van der Waals surface area contributed by atoms with E-state index in [4.69, 9.17) is 5.14 Å². The molecular weight excluding hydrogens is 404 g/mol. The third kappa shape index (κ3) is 7.58. The van der Waals surface area contributed by atoms with E-state index in [-0.39, 0.29) is 29.7 Å². The van der Waals surface area contributed by atoms with E-state index in [0.29, 0.717) is 18.8 Å². The van der Waals surface area contributed by atoms with Gasteiger partial charge in [0, 0.05) is 24.3 Å². The summed E-state index contributed by atoms with van der Waals surface area (Å²) in [6.45, 7) is 5.18. The maximum atomic E-state index is 12.4. The molecule has 0 aromatic heterocycles. The summed E-state index contributed by atoms with van der Waals surface area (Å²) in [6, 6.07) is 13.3. The maximum absolute atomic E-state index is 12.4. The fourth-order valence-corrected chi connectivity index (χ4v) is 3.49. The normalized spacial score (nSPS) is 11.3. The van der Waals surface area contributed by atoms with Gasteiger partial charge in [-0.15, -0.1) is 0 Å². The highest BCUT2D eigenvalue weighted by atomic mass is 32.2. The van der Waals surface area contributed by atoms with Crippen molar-refractivity contribution in [1.29, 1.82) is 0 Å². The van der Waals surface area contributed by atoms with E-state index >= 15 is 0 Å². The molecule has 0 saturated carbocycles. The second-order valence-corrected chi connectivity index (χ2v) is 8.57. The molecule has 0 radical (unpaired) electrons. The van der Waals surface area contributed by atoms with Crippen molar-refractivity contribution in [3.63, 3.8) is 0 Å². The molecule has 0 aliphatic heterocycles. The zero-order chi connectivity index (χ0) is 22.1. The summed E-state index contributed by atoms with van der Waals surface area (Å²) < 4.78 is 22.9. The number of carbonyl (C=O) groups is 2. The van der Waals surface area contributed by atoms with Crippen LogP contribution in [-0.2, 0) is 19.6 Å². The largest absolute Gasteiger partial charge is 0.326 e. The monoisotopic (exact) mass is 432 g/mol. The zero-order valence-corrected chi connectivity index (χ0v) is 18.0. The lowest BCUT2D eigenvalue weighted by Gasteiger charge is -2.21. The summed E-state index contributed by atoms with van der Waals surface area (Å²) in [5.41, 5.74) is 2.10. The number of carbonyl (C=O) groups excluding carboxylic acids is 2. The number of hydrogen-bond donors (Lipinski definition) is 3. The molecule has 0 spiro atoms. The van der Waals surface area contributed by atoms with Gasteiger partial charge in [-0.05, 0) is 49.7 Å². The number of anilines is 2. The van der Waals surface area contributed by atoms with Crippen molar-refractivity contribution in [1.82, 2.24) is 4.90 Å². The first-order valence-electron chi connectivity index (χ1n) is 9.69. The Bertz CT molecular complexity index is 992. The lowest BCUT2D eigenvalue weighted by molar-refractivity contribution is -0.119. The highest BCUT2D eigenvalue weighted by Gasteiger charge is 2.14. The zero-order valence-electron chi connectivity index (χ0n) is 17.2. The van der Waals surface area contributed by atoms with Crippen LogP contribution in [0.5, 0.6) is 0 Å². The second-order valence-electron chi connectivity index (χ2n) is 7.01. The minimum absolute atomic E-state index is 0.0687. The second kappa shape index (κ2) is 10.9. The van der Waals surface area contributed by atoms with Gasteiger partial charge in [-0.2, -0.15) is 0 Å². The molecule has 0 aliphatic carbocycles. The third-order valence-electron chi connectivity index (χ3n) is 4.43. The van der Waals surface area contributed by atoms with Gasteiger partial charge in [-0.25, -0.2) is 13.6 Å². The SMILES string of the molecule is CCCN(CCC(=O)Nc1cccc(S(N)(=O)=O)c1)CC(=O)Nc1ccccc1C. The Balaban J connectivity index is 1.90. The lowest BCUT2D eigenvalue weighted by Crippen LogP contribution is -2.36. The highest BCUT2D eigenvalue weighted by Crippen LogP contribution is 2.15. The number of primary sulfonamides is 1. The highest BCUT2D eigenvalue weighted by molar-refractivity contribution is 7.89. The van der Waals surface area contributed by atoms with Crippen molar-refractivity contribution in [2.24, 2.45) is 5.14 Å². The van der Waals surface area contributed by atoms with E-state index in [1.165, 1.54) is 18.2 Å². The Morgan fingerprint density at radius 2 is 1.73 bits per heavy atom. The van der Waals surface area contributed by atoms with Crippen molar-refractivity contribution in [3.8, 4) is 0 Å². The molecule has 0 fully saturated rings. The van der Waals surface area contributed by atoms with Crippen LogP contribution in [0.15, 0.2) is 53.4 Å². The van der Waals surface area contributed by atoms with Crippen molar-refractivity contribution in [3.05, 3.63) is 54.1 Å². The number of para-hydroxylation sites is 1. The summed E-state index contributed by atoms with van der Waals surface area (Å²) in [6.07, 6.45) is 1.01. The summed E-state index contributed by atoms with van der Waals surface area (Å²) in [5.74, 6) is -0.416. The van der Waals surface area contributed by atoms with E-state index in [9.17, 15) is 18.0 Å². The van der Waals surface area contributed by atoms with Crippen LogP contribution in [0.25, 0.3) is 0 Å². The van der Waals surface area contributed by atoms with E-state index in [1.807, 2.05) is 43.0 Å². The quantitative estimate of drug-likeness (QED) is 0.532. The first-order chi connectivity index (χ1) is 14.2. The molecule has 30 heavy (non-hydrogen) atoms. The minimum Gasteiger partial charge on any atom is -0.326 e. The first-order valence-corrected chi connectivity index (χ1v) is 11.2. The predicted molar refractivity (Wildman–Crippen MR) is 118 cm³/mol. The van der Waals surface area contributed by atoms with Crippen LogP contribution >= 0.6 is 0 Å². The first kappa shape index (κ1) is 23.5. The van der Waals surface area contributed by atoms with Gasteiger partial charge in [-0.1, -0.05) is 31.2 Å². The molecule has 0 saturated heterocycles. The fourth-order valence-electron chi connectivity index (χ4n) is 2.93. The molecule has 4 N–H and O–H groups in total. The molecule has 0 atom stereocenters. The number of nitrogens with two attached hydrogens (primary N) is 1. The molecule has 0 heterocycles. The van der Waals surface area contributed by atoms with Crippen molar-refractivity contribution in [2.45, 2.75) is 31.6 Å². The van der Waals surface area contributed by atoms with E-state index in [2.05, 4.69) is 10.6 Å². The van der Waals surface area contributed by atoms with Crippen LogP contribution in [0, 0.1) is 6.92 Å². The summed E-state index contributed by atoms with van der Waals surface area (Å²) in [4.78, 5) is 26.5. The van der Waals surface area contributed by atoms with Crippen molar-refractivity contribution < 1.29 is 18.0 Å². The molecule has 2 aromatic rings. The van der Waals surface area contributed by atoms with Crippen molar-refractivity contribution in [2.75, 3.05) is 30.3 Å². The third-order valence-corrected chi connectivity index (χ3v) is 5.34. The van der Waals surface area contributed by atoms with Crippen LogP contribution in [0.4, 0.5) is 11.4 Å². The molecule has 0 unspecified atom stereocenters. The number of nitrogens with zero attached hydrogens (tertiary/aromatic N) is 1. The minimum atomic E-state index is -3.84. The van der Waals surface area contributed by atoms with Gasteiger partial charge in [0.15, 0.2) is 0 Å². The standard InChI is InChI=1S/C21H28N4O4S/c1-3-12-25(15-21(27)24-19-10-5-4-7-16(19)2)13-11-20(26)23-17-8-6-9-18(14-17)30(22,28)29/h4-10,14H,3,11-13,15H2,1-2H3,(H,23,26)(H,24,27)(H2,22,28,29). The van der Waals surface area contributed by atoms with Gasteiger partial charge in [0.05, 0.1) is 11.4 Å². The Kier molecular flexibility index (Phi) is 8.52. The fraction of sp³-hybridized carbons (Fsp3) is 0.333. The molecule has 2 amide bonds. The number of benzene rings is 2.